The Hall–Kier alpha value is -1.76. The van der Waals surface area contributed by atoms with Gasteiger partial charge in [0.15, 0.2) is 0 Å². The molecule has 0 radical (unpaired) electrons. The summed E-state index contributed by atoms with van der Waals surface area (Å²) in [6.07, 6.45) is 2.53. The first-order chi connectivity index (χ1) is 9.41. The second-order valence-corrected chi connectivity index (χ2v) is 5.13. The van der Waals surface area contributed by atoms with E-state index in [-0.39, 0.29) is 17.8 Å². The summed E-state index contributed by atoms with van der Waals surface area (Å²) in [5, 5.41) is 11.1. The molecule has 2 unspecified atom stereocenters. The van der Waals surface area contributed by atoms with Crippen LogP contribution in [0.1, 0.15) is 26.2 Å². The summed E-state index contributed by atoms with van der Waals surface area (Å²) in [5.41, 5.74) is 5.20. The van der Waals surface area contributed by atoms with Crippen LogP contribution in [-0.4, -0.2) is 23.6 Å². The highest BCUT2D eigenvalue weighted by Gasteiger charge is 2.32. The SMILES string of the molecule is CC(N)C1CCCCN1c1cc(F)cc(F)c1[N+](=O)[O-]. The van der Waals surface area contributed by atoms with Gasteiger partial charge >= 0.3 is 5.69 Å². The molecule has 1 saturated heterocycles. The molecule has 5 nitrogen and oxygen atoms in total. The quantitative estimate of drug-likeness (QED) is 0.684. The van der Waals surface area contributed by atoms with Gasteiger partial charge < -0.3 is 10.6 Å². The number of rotatable bonds is 3. The van der Waals surface area contributed by atoms with Crippen LogP contribution in [-0.2, 0) is 0 Å². The zero-order valence-electron chi connectivity index (χ0n) is 11.2. The van der Waals surface area contributed by atoms with E-state index < -0.39 is 22.2 Å². The van der Waals surface area contributed by atoms with E-state index in [0.29, 0.717) is 12.6 Å². The van der Waals surface area contributed by atoms with Gasteiger partial charge in [-0.3, -0.25) is 10.1 Å². The van der Waals surface area contributed by atoms with Gasteiger partial charge in [-0.05, 0) is 26.2 Å². The van der Waals surface area contributed by atoms with Gasteiger partial charge in [-0.1, -0.05) is 0 Å². The van der Waals surface area contributed by atoms with Crippen LogP contribution in [0, 0.1) is 21.7 Å². The minimum Gasteiger partial charge on any atom is -0.361 e. The van der Waals surface area contributed by atoms with E-state index in [1.54, 1.807) is 11.8 Å². The molecule has 110 valence electrons. The summed E-state index contributed by atoms with van der Waals surface area (Å²) < 4.78 is 27.1. The highest BCUT2D eigenvalue weighted by atomic mass is 19.1. The first-order valence-corrected chi connectivity index (χ1v) is 6.57. The fourth-order valence-corrected chi connectivity index (χ4v) is 2.76. The number of hydrogen-bond acceptors (Lipinski definition) is 4. The largest absolute Gasteiger partial charge is 0.361 e. The summed E-state index contributed by atoms with van der Waals surface area (Å²) in [6.45, 7) is 2.31. The third kappa shape index (κ3) is 2.72. The van der Waals surface area contributed by atoms with Gasteiger partial charge in [-0.25, -0.2) is 4.39 Å². The van der Waals surface area contributed by atoms with Crippen molar-refractivity contribution in [2.75, 3.05) is 11.4 Å². The first-order valence-electron chi connectivity index (χ1n) is 6.57. The molecule has 0 amide bonds. The fourth-order valence-electron chi connectivity index (χ4n) is 2.76. The molecule has 0 bridgehead atoms. The lowest BCUT2D eigenvalue weighted by Crippen LogP contribution is -2.49. The lowest BCUT2D eigenvalue weighted by Gasteiger charge is -2.39. The summed E-state index contributed by atoms with van der Waals surface area (Å²) in [4.78, 5) is 11.9. The van der Waals surface area contributed by atoms with Crippen molar-refractivity contribution in [1.82, 2.24) is 0 Å². The second kappa shape index (κ2) is 5.70. The molecule has 2 N–H and O–H groups in total. The highest BCUT2D eigenvalue weighted by Crippen LogP contribution is 2.36. The molecule has 0 aromatic heterocycles. The number of nitrogens with two attached hydrogens (primary N) is 1. The number of anilines is 1. The Balaban J connectivity index is 2.51. The monoisotopic (exact) mass is 285 g/mol. The van der Waals surface area contributed by atoms with Crippen LogP contribution in [0.5, 0.6) is 0 Å². The molecule has 1 aliphatic heterocycles. The van der Waals surface area contributed by atoms with Crippen molar-refractivity contribution in [2.24, 2.45) is 5.73 Å². The Morgan fingerprint density at radius 2 is 2.15 bits per heavy atom. The number of nitro benzene ring substituents is 1. The van der Waals surface area contributed by atoms with Crippen LogP contribution in [0.3, 0.4) is 0 Å². The van der Waals surface area contributed by atoms with E-state index in [9.17, 15) is 18.9 Å². The third-order valence-electron chi connectivity index (χ3n) is 3.66. The third-order valence-corrected chi connectivity index (χ3v) is 3.66. The molecular weight excluding hydrogens is 268 g/mol. The van der Waals surface area contributed by atoms with Gasteiger partial charge in [0.1, 0.15) is 11.5 Å². The van der Waals surface area contributed by atoms with E-state index in [1.165, 1.54) is 0 Å². The van der Waals surface area contributed by atoms with E-state index in [4.69, 9.17) is 5.73 Å². The van der Waals surface area contributed by atoms with E-state index in [0.717, 1.165) is 25.3 Å². The summed E-state index contributed by atoms with van der Waals surface area (Å²) in [7, 11) is 0. The van der Waals surface area contributed by atoms with Crippen molar-refractivity contribution in [3.63, 3.8) is 0 Å². The van der Waals surface area contributed by atoms with E-state index >= 15 is 0 Å². The summed E-state index contributed by atoms with van der Waals surface area (Å²) >= 11 is 0. The Morgan fingerprint density at radius 3 is 2.75 bits per heavy atom. The lowest BCUT2D eigenvalue weighted by molar-refractivity contribution is -0.386. The topological polar surface area (TPSA) is 72.4 Å². The number of nitrogens with zero attached hydrogens (tertiary/aromatic N) is 2. The van der Waals surface area contributed by atoms with Gasteiger partial charge in [0.2, 0.25) is 5.82 Å². The molecule has 0 spiro atoms. The standard InChI is InChI=1S/C13H17F2N3O2/c1-8(16)11-4-2-3-5-17(11)12-7-9(14)6-10(15)13(12)18(19)20/h6-8,11H,2-5,16H2,1H3. The minimum absolute atomic E-state index is 0.0190. The molecule has 1 fully saturated rings. The molecule has 20 heavy (non-hydrogen) atoms. The van der Waals surface area contributed by atoms with Crippen LogP contribution in [0.2, 0.25) is 0 Å². The predicted octanol–water partition coefficient (Wildman–Crippen LogP) is 2.58. The predicted molar refractivity (Wildman–Crippen MR) is 71.6 cm³/mol. The lowest BCUT2D eigenvalue weighted by atomic mass is 9.96. The molecule has 1 aromatic rings. The molecule has 1 aliphatic rings. The maximum Gasteiger partial charge on any atom is 0.328 e. The van der Waals surface area contributed by atoms with Crippen LogP contribution < -0.4 is 10.6 Å². The Bertz CT molecular complexity index is 523. The molecule has 0 saturated carbocycles. The molecule has 1 heterocycles. The van der Waals surface area contributed by atoms with Gasteiger partial charge in [0.05, 0.1) is 4.92 Å². The molecular formula is C13H17F2N3O2. The minimum atomic E-state index is -1.15. The maximum atomic E-state index is 13.7. The van der Waals surface area contributed by atoms with E-state index in [1.807, 2.05) is 0 Å². The Morgan fingerprint density at radius 1 is 1.45 bits per heavy atom. The molecule has 7 heteroatoms. The highest BCUT2D eigenvalue weighted by molar-refractivity contribution is 5.65. The van der Waals surface area contributed by atoms with E-state index in [2.05, 4.69) is 0 Å². The van der Waals surface area contributed by atoms with Crippen LogP contribution in [0.4, 0.5) is 20.2 Å². The van der Waals surface area contributed by atoms with Gasteiger partial charge in [-0.2, -0.15) is 4.39 Å². The van der Waals surface area contributed by atoms with Crippen molar-refractivity contribution in [1.29, 1.82) is 0 Å². The van der Waals surface area contributed by atoms with Crippen molar-refractivity contribution >= 4 is 11.4 Å². The fraction of sp³-hybridized carbons (Fsp3) is 0.538. The molecule has 2 atom stereocenters. The normalized spacial score (nSPS) is 20.8. The molecule has 1 aromatic carbocycles. The first kappa shape index (κ1) is 14.6. The number of hydrogen-bond donors (Lipinski definition) is 1. The van der Waals surface area contributed by atoms with Crippen molar-refractivity contribution < 1.29 is 13.7 Å². The average Bonchev–Trinajstić information content (AvgIpc) is 2.37. The zero-order valence-corrected chi connectivity index (χ0v) is 11.2. The number of piperidine rings is 1. The average molecular weight is 285 g/mol. The molecule has 2 rings (SSSR count). The maximum absolute atomic E-state index is 13.7. The van der Waals surface area contributed by atoms with Gasteiger partial charge in [0.25, 0.3) is 0 Å². The van der Waals surface area contributed by atoms with Crippen molar-refractivity contribution in [3.05, 3.63) is 33.9 Å². The van der Waals surface area contributed by atoms with Crippen LogP contribution in [0.25, 0.3) is 0 Å². The van der Waals surface area contributed by atoms with Crippen molar-refractivity contribution in [2.45, 2.75) is 38.3 Å². The number of halogens is 2. The van der Waals surface area contributed by atoms with Crippen LogP contribution in [0.15, 0.2) is 12.1 Å². The molecule has 0 aliphatic carbocycles. The van der Waals surface area contributed by atoms with Crippen LogP contribution >= 0.6 is 0 Å². The second-order valence-electron chi connectivity index (χ2n) is 5.13. The Kier molecular flexibility index (Phi) is 4.17. The Labute approximate surface area is 115 Å². The smallest absolute Gasteiger partial charge is 0.328 e. The van der Waals surface area contributed by atoms with Crippen molar-refractivity contribution in [3.8, 4) is 0 Å². The zero-order chi connectivity index (χ0) is 14.9. The summed E-state index contributed by atoms with van der Waals surface area (Å²) in [5.74, 6) is -1.98. The number of benzene rings is 1. The number of nitro groups is 1. The van der Waals surface area contributed by atoms with Gasteiger partial charge in [-0.15, -0.1) is 0 Å². The summed E-state index contributed by atoms with van der Waals surface area (Å²) in [6, 6.07) is 1.17. The van der Waals surface area contributed by atoms with Gasteiger partial charge in [0, 0.05) is 30.8 Å².